The Morgan fingerprint density at radius 3 is 2.22 bits per heavy atom. The molecule has 7 heteroatoms. The molecular weight excluding hydrogens is 498 g/mol. The topological polar surface area (TPSA) is 49.4 Å². The zero-order valence-corrected chi connectivity index (χ0v) is 21.4. The minimum atomic E-state index is -0.728. The third-order valence-corrected chi connectivity index (χ3v) is 7.32. The number of benzene rings is 3. The number of carbonyl (C=O) groups is 2. The Balaban J connectivity index is 1.66. The van der Waals surface area contributed by atoms with Crippen molar-refractivity contribution in [3.8, 4) is 0 Å². The number of nitrogens with zero attached hydrogens (tertiary/aromatic N) is 1. The second-order valence-corrected chi connectivity index (χ2v) is 10.1. The molecule has 3 aromatic carbocycles. The Hall–Kier alpha value is -2.89. The van der Waals surface area contributed by atoms with Crippen molar-refractivity contribution >= 4 is 35.0 Å². The summed E-state index contributed by atoms with van der Waals surface area (Å²) in [5.74, 6) is -0.747. The molecule has 4 rings (SSSR count). The highest BCUT2D eigenvalue weighted by molar-refractivity contribution is 6.42. The summed E-state index contributed by atoms with van der Waals surface area (Å²) < 4.78 is 13.6. The summed E-state index contributed by atoms with van der Waals surface area (Å²) in [6.07, 6.45) is 4.49. The van der Waals surface area contributed by atoms with E-state index in [0.29, 0.717) is 22.0 Å². The quantitative estimate of drug-likeness (QED) is 0.352. The number of nitrogens with one attached hydrogen (secondary N) is 1. The van der Waals surface area contributed by atoms with Crippen molar-refractivity contribution in [1.82, 2.24) is 10.2 Å². The SMILES string of the molecule is O=C(NC1CCCC1)C(Cc1ccccc1)N(Cc1ccc(F)cc1)C(=O)Cc1ccc(Cl)c(Cl)c1. The molecule has 0 saturated heterocycles. The lowest BCUT2D eigenvalue weighted by Gasteiger charge is -2.32. The minimum absolute atomic E-state index is 0.0556. The van der Waals surface area contributed by atoms with Gasteiger partial charge < -0.3 is 10.2 Å². The molecule has 0 aromatic heterocycles. The van der Waals surface area contributed by atoms with Gasteiger partial charge in [0.1, 0.15) is 11.9 Å². The van der Waals surface area contributed by atoms with Crippen LogP contribution in [0.2, 0.25) is 10.0 Å². The van der Waals surface area contributed by atoms with Crippen LogP contribution >= 0.6 is 23.2 Å². The Morgan fingerprint density at radius 2 is 1.56 bits per heavy atom. The molecule has 1 unspecified atom stereocenters. The summed E-state index contributed by atoms with van der Waals surface area (Å²) in [5.41, 5.74) is 2.40. The van der Waals surface area contributed by atoms with Gasteiger partial charge in [-0.1, -0.05) is 84.6 Å². The van der Waals surface area contributed by atoms with E-state index in [-0.39, 0.29) is 36.6 Å². The van der Waals surface area contributed by atoms with E-state index in [1.165, 1.54) is 12.1 Å². The summed E-state index contributed by atoms with van der Waals surface area (Å²) >= 11 is 12.2. The van der Waals surface area contributed by atoms with Crippen molar-refractivity contribution in [3.05, 3.63) is 105 Å². The molecule has 0 heterocycles. The second kappa shape index (κ2) is 12.4. The van der Waals surface area contributed by atoms with E-state index in [4.69, 9.17) is 23.2 Å². The molecule has 1 fully saturated rings. The summed E-state index contributed by atoms with van der Waals surface area (Å²) in [4.78, 5) is 29.0. The first kappa shape index (κ1) is 26.2. The fourth-order valence-corrected chi connectivity index (χ4v) is 4.95. The first-order valence-corrected chi connectivity index (χ1v) is 13.0. The van der Waals surface area contributed by atoms with E-state index in [2.05, 4.69) is 5.32 Å². The van der Waals surface area contributed by atoms with E-state index in [1.807, 2.05) is 30.3 Å². The van der Waals surface area contributed by atoms with Gasteiger partial charge in [0.15, 0.2) is 0 Å². The molecule has 1 aliphatic rings. The maximum atomic E-state index is 13.7. The highest BCUT2D eigenvalue weighted by Crippen LogP contribution is 2.24. The van der Waals surface area contributed by atoms with Crippen molar-refractivity contribution in [2.24, 2.45) is 0 Å². The molecule has 3 aromatic rings. The zero-order valence-electron chi connectivity index (χ0n) is 19.9. The van der Waals surface area contributed by atoms with Crippen molar-refractivity contribution < 1.29 is 14.0 Å². The largest absolute Gasteiger partial charge is 0.352 e. The molecule has 1 saturated carbocycles. The van der Waals surface area contributed by atoms with Gasteiger partial charge in [-0.15, -0.1) is 0 Å². The van der Waals surface area contributed by atoms with Crippen LogP contribution in [-0.4, -0.2) is 28.8 Å². The van der Waals surface area contributed by atoms with Gasteiger partial charge in [-0.3, -0.25) is 9.59 Å². The molecule has 1 N–H and O–H groups in total. The van der Waals surface area contributed by atoms with E-state index in [1.54, 1.807) is 35.2 Å². The van der Waals surface area contributed by atoms with E-state index in [9.17, 15) is 14.0 Å². The molecule has 4 nitrogen and oxygen atoms in total. The lowest BCUT2D eigenvalue weighted by atomic mass is 10.0. The van der Waals surface area contributed by atoms with Crippen LogP contribution in [0.25, 0.3) is 0 Å². The predicted octanol–water partition coefficient (Wildman–Crippen LogP) is 6.37. The van der Waals surface area contributed by atoms with Gasteiger partial charge >= 0.3 is 0 Å². The predicted molar refractivity (Wildman–Crippen MR) is 141 cm³/mol. The maximum absolute atomic E-state index is 13.7. The average Bonchev–Trinajstić information content (AvgIpc) is 3.38. The first-order chi connectivity index (χ1) is 17.4. The van der Waals surface area contributed by atoms with Crippen LogP contribution in [0.1, 0.15) is 42.4 Å². The molecule has 36 heavy (non-hydrogen) atoms. The van der Waals surface area contributed by atoms with Gasteiger partial charge in [0.2, 0.25) is 11.8 Å². The van der Waals surface area contributed by atoms with E-state index < -0.39 is 6.04 Å². The van der Waals surface area contributed by atoms with Gasteiger partial charge in [-0.25, -0.2) is 4.39 Å². The molecule has 0 aliphatic heterocycles. The van der Waals surface area contributed by atoms with Gasteiger partial charge in [0.05, 0.1) is 16.5 Å². The fourth-order valence-electron chi connectivity index (χ4n) is 4.63. The van der Waals surface area contributed by atoms with E-state index >= 15 is 0 Å². The number of carbonyl (C=O) groups excluding carboxylic acids is 2. The van der Waals surface area contributed by atoms with Crippen molar-refractivity contribution in [1.29, 1.82) is 0 Å². The Labute approximate surface area is 221 Å². The molecule has 2 amide bonds. The molecule has 1 atom stereocenters. The third kappa shape index (κ3) is 7.08. The lowest BCUT2D eigenvalue weighted by molar-refractivity contribution is -0.141. The van der Waals surface area contributed by atoms with Crippen molar-refractivity contribution in [2.45, 2.75) is 57.2 Å². The number of halogens is 3. The maximum Gasteiger partial charge on any atom is 0.243 e. The first-order valence-electron chi connectivity index (χ1n) is 12.2. The van der Waals surface area contributed by atoms with Crippen LogP contribution in [0, 0.1) is 5.82 Å². The Morgan fingerprint density at radius 1 is 0.889 bits per heavy atom. The summed E-state index contributed by atoms with van der Waals surface area (Å²) in [7, 11) is 0. The molecular formula is C29H29Cl2FN2O2. The zero-order chi connectivity index (χ0) is 25.5. The smallest absolute Gasteiger partial charge is 0.243 e. The van der Waals surface area contributed by atoms with Crippen molar-refractivity contribution in [3.63, 3.8) is 0 Å². The number of rotatable bonds is 9. The normalized spacial score (nSPS) is 14.4. The average molecular weight is 527 g/mol. The summed E-state index contributed by atoms with van der Waals surface area (Å²) in [6, 6.07) is 20.2. The van der Waals surface area contributed by atoms with E-state index in [0.717, 1.165) is 36.8 Å². The number of amides is 2. The standard InChI is InChI=1S/C29H29Cl2FN2O2/c30-25-15-12-22(16-26(25)31)18-28(35)34(19-21-10-13-23(32)14-11-21)27(17-20-6-2-1-3-7-20)29(36)33-24-8-4-5-9-24/h1-3,6-7,10-16,24,27H,4-5,8-9,17-19H2,(H,33,36). The number of hydrogen-bond donors (Lipinski definition) is 1. The van der Waals surface area contributed by atoms with Gasteiger partial charge in [0, 0.05) is 19.0 Å². The lowest BCUT2D eigenvalue weighted by Crippen LogP contribution is -2.52. The molecule has 0 radical (unpaired) electrons. The summed E-state index contributed by atoms with van der Waals surface area (Å²) in [6.45, 7) is 0.177. The van der Waals surface area contributed by atoms with Crippen LogP contribution in [-0.2, 0) is 29.0 Å². The fraction of sp³-hybridized carbons (Fsp3) is 0.310. The van der Waals surface area contributed by atoms with Crippen LogP contribution < -0.4 is 5.32 Å². The minimum Gasteiger partial charge on any atom is -0.352 e. The van der Waals surface area contributed by atoms with Crippen LogP contribution in [0.3, 0.4) is 0 Å². The Bertz CT molecular complexity index is 1180. The highest BCUT2D eigenvalue weighted by Gasteiger charge is 2.32. The van der Waals surface area contributed by atoms with Crippen LogP contribution in [0.5, 0.6) is 0 Å². The molecule has 0 bridgehead atoms. The molecule has 188 valence electrons. The molecule has 1 aliphatic carbocycles. The molecule has 0 spiro atoms. The van der Waals surface area contributed by atoms with Gasteiger partial charge in [0.25, 0.3) is 0 Å². The highest BCUT2D eigenvalue weighted by atomic mass is 35.5. The summed E-state index contributed by atoms with van der Waals surface area (Å²) in [5, 5.41) is 3.96. The monoisotopic (exact) mass is 526 g/mol. The number of hydrogen-bond acceptors (Lipinski definition) is 2. The third-order valence-electron chi connectivity index (χ3n) is 6.58. The van der Waals surface area contributed by atoms with Gasteiger partial charge in [-0.2, -0.15) is 0 Å². The van der Waals surface area contributed by atoms with Gasteiger partial charge in [-0.05, 0) is 53.8 Å². The Kier molecular flexibility index (Phi) is 9.00. The second-order valence-electron chi connectivity index (χ2n) is 9.27. The van der Waals surface area contributed by atoms with Crippen molar-refractivity contribution in [2.75, 3.05) is 0 Å². The van der Waals surface area contributed by atoms with Crippen LogP contribution in [0.4, 0.5) is 4.39 Å². The van der Waals surface area contributed by atoms with Crippen LogP contribution in [0.15, 0.2) is 72.8 Å².